The fourth-order valence-electron chi connectivity index (χ4n) is 3.09. The number of allylic oxidation sites excluding steroid dienone is 1. The van der Waals surface area contributed by atoms with Gasteiger partial charge in [0, 0.05) is 30.3 Å². The van der Waals surface area contributed by atoms with Crippen LogP contribution in [0.2, 0.25) is 0 Å². The van der Waals surface area contributed by atoms with Crippen LogP contribution in [-0.2, 0) is 0 Å². The monoisotopic (exact) mass is 332 g/mol. The number of nitrogens with one attached hydrogen (secondary N) is 1. The second-order valence-corrected chi connectivity index (χ2v) is 6.08. The summed E-state index contributed by atoms with van der Waals surface area (Å²) >= 11 is 0. The zero-order valence-corrected chi connectivity index (χ0v) is 13.1. The zero-order chi connectivity index (χ0) is 17.1. The molecule has 0 bridgehead atoms. The number of rotatable bonds is 4. The number of benzene rings is 2. The van der Waals surface area contributed by atoms with Gasteiger partial charge >= 0.3 is 0 Å². The predicted octanol–water partition coefficient (Wildman–Crippen LogP) is 4.35. The highest BCUT2D eigenvalue weighted by molar-refractivity contribution is 5.44. The van der Waals surface area contributed by atoms with Crippen LogP contribution < -0.4 is 11.1 Å². The molecule has 2 nitrogen and oxygen atoms in total. The van der Waals surface area contributed by atoms with Crippen molar-refractivity contribution in [1.82, 2.24) is 0 Å². The maximum atomic E-state index is 14.0. The number of anilines is 1. The number of nitrogens with two attached hydrogens (primary N) is 1. The summed E-state index contributed by atoms with van der Waals surface area (Å²) in [6, 6.07) is 11.0. The zero-order valence-electron chi connectivity index (χ0n) is 13.1. The first-order valence-electron chi connectivity index (χ1n) is 7.91. The van der Waals surface area contributed by atoms with Crippen molar-refractivity contribution in [1.29, 1.82) is 0 Å². The number of hydrogen-bond donors (Lipinski definition) is 2. The Kier molecular flexibility index (Phi) is 4.90. The molecule has 0 radical (unpaired) electrons. The molecule has 0 saturated heterocycles. The Balaban J connectivity index is 1.70. The minimum absolute atomic E-state index is 0.146. The van der Waals surface area contributed by atoms with Crippen molar-refractivity contribution in [3.63, 3.8) is 0 Å². The summed E-state index contributed by atoms with van der Waals surface area (Å²) in [5, 5.41) is 3.31. The second kappa shape index (κ2) is 7.09. The molecule has 126 valence electrons. The van der Waals surface area contributed by atoms with Gasteiger partial charge < -0.3 is 11.1 Å². The quantitative estimate of drug-likeness (QED) is 0.645. The summed E-state index contributed by atoms with van der Waals surface area (Å²) in [7, 11) is 0. The van der Waals surface area contributed by atoms with E-state index in [-0.39, 0.29) is 17.5 Å². The van der Waals surface area contributed by atoms with Crippen LogP contribution in [0, 0.1) is 17.5 Å². The molecular formula is C19H19F3N2. The van der Waals surface area contributed by atoms with Crippen LogP contribution in [0.3, 0.4) is 0 Å². The highest BCUT2D eigenvalue weighted by atomic mass is 19.2. The molecule has 0 spiro atoms. The van der Waals surface area contributed by atoms with E-state index in [1.54, 1.807) is 0 Å². The second-order valence-electron chi connectivity index (χ2n) is 6.08. The maximum Gasteiger partial charge on any atom is 0.161 e. The van der Waals surface area contributed by atoms with Gasteiger partial charge in [0.25, 0.3) is 0 Å². The van der Waals surface area contributed by atoms with E-state index in [0.29, 0.717) is 25.5 Å². The van der Waals surface area contributed by atoms with Gasteiger partial charge in [-0.3, -0.25) is 0 Å². The van der Waals surface area contributed by atoms with E-state index >= 15 is 0 Å². The molecule has 0 aliphatic heterocycles. The highest BCUT2D eigenvalue weighted by Gasteiger charge is 2.27. The maximum absolute atomic E-state index is 14.0. The molecule has 2 aromatic carbocycles. The van der Waals surface area contributed by atoms with Crippen LogP contribution in [0.5, 0.6) is 0 Å². The summed E-state index contributed by atoms with van der Waals surface area (Å²) < 4.78 is 40.5. The van der Waals surface area contributed by atoms with E-state index in [1.807, 2.05) is 36.4 Å². The van der Waals surface area contributed by atoms with Gasteiger partial charge in [0.2, 0.25) is 0 Å². The van der Waals surface area contributed by atoms with Gasteiger partial charge in [-0.05, 0) is 36.6 Å². The smallest absolute Gasteiger partial charge is 0.161 e. The van der Waals surface area contributed by atoms with Crippen molar-refractivity contribution in [3.8, 4) is 0 Å². The van der Waals surface area contributed by atoms with Gasteiger partial charge in [0.05, 0.1) is 0 Å². The average molecular weight is 332 g/mol. The molecule has 0 fully saturated rings. The number of para-hydroxylation sites is 1. The molecule has 1 aliphatic carbocycles. The van der Waals surface area contributed by atoms with E-state index in [0.717, 1.165) is 17.3 Å². The third-order valence-corrected chi connectivity index (χ3v) is 4.41. The normalized spacial score (nSPS) is 20.6. The Morgan fingerprint density at radius 3 is 2.42 bits per heavy atom. The van der Waals surface area contributed by atoms with E-state index in [1.165, 1.54) is 0 Å². The SMILES string of the molecule is N[C@@H]1CC(CNc2ccccc2)=CC[C@H]1c1cc(F)c(F)cc1F. The molecular weight excluding hydrogens is 313 g/mol. The third-order valence-electron chi connectivity index (χ3n) is 4.41. The van der Waals surface area contributed by atoms with Gasteiger partial charge in [-0.2, -0.15) is 0 Å². The molecule has 0 amide bonds. The van der Waals surface area contributed by atoms with Crippen molar-refractivity contribution in [3.05, 3.63) is 77.1 Å². The number of hydrogen-bond acceptors (Lipinski definition) is 2. The summed E-state index contributed by atoms with van der Waals surface area (Å²) in [4.78, 5) is 0. The molecule has 1 aliphatic rings. The van der Waals surface area contributed by atoms with Gasteiger partial charge in [0.15, 0.2) is 11.6 Å². The van der Waals surface area contributed by atoms with E-state index in [4.69, 9.17) is 5.73 Å². The van der Waals surface area contributed by atoms with E-state index in [2.05, 4.69) is 5.32 Å². The average Bonchev–Trinajstić information content (AvgIpc) is 2.58. The molecule has 24 heavy (non-hydrogen) atoms. The third kappa shape index (κ3) is 3.62. The Hall–Kier alpha value is -2.27. The summed E-state index contributed by atoms with van der Waals surface area (Å²) in [5.74, 6) is -3.31. The van der Waals surface area contributed by atoms with Crippen molar-refractivity contribution in [2.75, 3.05) is 11.9 Å². The predicted molar refractivity (Wildman–Crippen MR) is 89.3 cm³/mol. The van der Waals surface area contributed by atoms with E-state index in [9.17, 15) is 13.2 Å². The van der Waals surface area contributed by atoms with E-state index < -0.39 is 17.5 Å². The molecule has 0 unspecified atom stereocenters. The van der Waals surface area contributed by atoms with Crippen LogP contribution in [0.15, 0.2) is 54.1 Å². The van der Waals surface area contributed by atoms with Gasteiger partial charge in [0.1, 0.15) is 5.82 Å². The van der Waals surface area contributed by atoms with Crippen LogP contribution >= 0.6 is 0 Å². The molecule has 3 rings (SSSR count). The number of halogens is 3. The fourth-order valence-corrected chi connectivity index (χ4v) is 3.09. The Bertz CT molecular complexity index is 744. The molecule has 0 aromatic heterocycles. The molecule has 3 N–H and O–H groups in total. The van der Waals surface area contributed by atoms with Crippen molar-refractivity contribution in [2.45, 2.75) is 24.8 Å². The Morgan fingerprint density at radius 1 is 1.00 bits per heavy atom. The first-order chi connectivity index (χ1) is 11.5. The van der Waals surface area contributed by atoms with Crippen LogP contribution in [0.25, 0.3) is 0 Å². The first-order valence-corrected chi connectivity index (χ1v) is 7.91. The first kappa shape index (κ1) is 16.6. The molecule has 2 atom stereocenters. The van der Waals surface area contributed by atoms with Crippen molar-refractivity contribution in [2.24, 2.45) is 5.73 Å². The largest absolute Gasteiger partial charge is 0.381 e. The molecule has 2 aromatic rings. The van der Waals surface area contributed by atoms with Crippen LogP contribution in [0.1, 0.15) is 24.3 Å². The molecule has 0 saturated carbocycles. The minimum Gasteiger partial charge on any atom is -0.381 e. The summed E-state index contributed by atoms with van der Waals surface area (Å²) in [5.41, 5.74) is 8.47. The topological polar surface area (TPSA) is 38.0 Å². The molecule has 0 heterocycles. The standard InChI is InChI=1S/C19H19F3N2/c20-16-10-18(22)17(21)9-15(16)14-7-6-12(8-19(14)23)11-24-13-4-2-1-3-5-13/h1-6,9-10,14,19,24H,7-8,11,23H2/t14-,19+/m0/s1. The Morgan fingerprint density at radius 2 is 1.71 bits per heavy atom. The lowest BCUT2D eigenvalue weighted by atomic mass is 9.80. The lowest BCUT2D eigenvalue weighted by molar-refractivity contribution is 0.455. The Labute approximate surface area is 139 Å². The van der Waals surface area contributed by atoms with Gasteiger partial charge in [-0.25, -0.2) is 13.2 Å². The highest BCUT2D eigenvalue weighted by Crippen LogP contribution is 2.33. The van der Waals surface area contributed by atoms with Crippen molar-refractivity contribution >= 4 is 5.69 Å². The molecule has 5 heteroatoms. The van der Waals surface area contributed by atoms with Crippen molar-refractivity contribution < 1.29 is 13.2 Å². The van der Waals surface area contributed by atoms with Gasteiger partial charge in [-0.15, -0.1) is 0 Å². The lowest BCUT2D eigenvalue weighted by Gasteiger charge is -2.29. The lowest BCUT2D eigenvalue weighted by Crippen LogP contribution is -2.33. The summed E-state index contributed by atoms with van der Waals surface area (Å²) in [6.45, 7) is 0.657. The fraction of sp³-hybridized carbons (Fsp3) is 0.263. The minimum atomic E-state index is -1.18. The van der Waals surface area contributed by atoms with Gasteiger partial charge in [-0.1, -0.05) is 29.8 Å². The van der Waals surface area contributed by atoms with Crippen LogP contribution in [0.4, 0.5) is 18.9 Å². The summed E-state index contributed by atoms with van der Waals surface area (Å²) in [6.07, 6.45) is 3.10. The van der Waals surface area contributed by atoms with Crippen LogP contribution in [-0.4, -0.2) is 12.6 Å².